The molecule has 6 aromatic rings. The third kappa shape index (κ3) is 2.37. The first kappa shape index (κ1) is 21.4. The fourth-order valence-electron chi connectivity index (χ4n) is 7.24. The molecule has 2 heterocycles. The second-order valence-electron chi connectivity index (χ2n) is 10.6. The number of nitrogens with two attached hydrogens (primary N) is 2. The standard InChI is InChI=1S/C34H26N4/c1-19(35)21-9-6-12-27-31(21)24-18-20(33(36)37)16-17-25(24)34(27)26-11-3-5-15-30(26)38-29-14-4-2-8-22(29)23-10-7-13-28(34)32(23)38/h2-19H,35H2,1H3,(H3,36,37). The smallest absolute Gasteiger partial charge is 0.122 e. The molecule has 0 bridgehead atoms. The molecule has 2 atom stereocenters. The summed E-state index contributed by atoms with van der Waals surface area (Å²) in [5, 5.41) is 10.7. The molecule has 38 heavy (non-hydrogen) atoms. The Hall–Kier alpha value is -4.67. The van der Waals surface area contributed by atoms with Crippen molar-refractivity contribution in [2.45, 2.75) is 18.4 Å². The number of nitrogens with one attached hydrogen (secondary N) is 1. The van der Waals surface area contributed by atoms with E-state index in [0.717, 1.165) is 22.3 Å². The van der Waals surface area contributed by atoms with Crippen LogP contribution in [-0.4, -0.2) is 10.4 Å². The van der Waals surface area contributed by atoms with Gasteiger partial charge in [0.05, 0.1) is 22.1 Å². The first-order valence-electron chi connectivity index (χ1n) is 13.0. The molecular formula is C34H26N4. The van der Waals surface area contributed by atoms with Crippen molar-refractivity contribution in [2.75, 3.05) is 0 Å². The second kappa shape index (κ2) is 7.21. The normalized spacial score (nSPS) is 17.4. The molecule has 1 spiro atoms. The summed E-state index contributed by atoms with van der Waals surface area (Å²) in [4.78, 5) is 0. The monoisotopic (exact) mass is 490 g/mol. The van der Waals surface area contributed by atoms with Gasteiger partial charge in [-0.05, 0) is 64.1 Å². The lowest BCUT2D eigenvalue weighted by molar-refractivity contribution is 0.745. The first-order valence-corrected chi connectivity index (χ1v) is 13.0. The molecule has 5 N–H and O–H groups in total. The van der Waals surface area contributed by atoms with E-state index in [1.165, 1.54) is 49.7 Å². The highest BCUT2D eigenvalue weighted by Crippen LogP contribution is 2.61. The van der Waals surface area contributed by atoms with Gasteiger partial charge in [0.25, 0.3) is 0 Å². The van der Waals surface area contributed by atoms with Crippen LogP contribution in [0.2, 0.25) is 0 Å². The lowest BCUT2D eigenvalue weighted by atomic mass is 9.65. The molecule has 2 unspecified atom stereocenters. The maximum absolute atomic E-state index is 8.17. The van der Waals surface area contributed by atoms with E-state index in [4.69, 9.17) is 16.9 Å². The average molecular weight is 491 g/mol. The van der Waals surface area contributed by atoms with Crippen molar-refractivity contribution < 1.29 is 0 Å². The van der Waals surface area contributed by atoms with Gasteiger partial charge < -0.3 is 16.0 Å². The maximum Gasteiger partial charge on any atom is 0.122 e. The molecule has 2 aliphatic rings. The summed E-state index contributed by atoms with van der Waals surface area (Å²) in [5.74, 6) is 0.0693. The van der Waals surface area contributed by atoms with Crippen molar-refractivity contribution in [2.24, 2.45) is 11.5 Å². The van der Waals surface area contributed by atoms with E-state index in [0.29, 0.717) is 0 Å². The van der Waals surface area contributed by atoms with Crippen molar-refractivity contribution in [3.8, 4) is 16.8 Å². The molecular weight excluding hydrogens is 464 g/mol. The molecule has 0 fully saturated rings. The fraction of sp³-hybridized carbons (Fsp3) is 0.0882. The molecule has 5 aromatic carbocycles. The molecule has 4 heteroatoms. The van der Waals surface area contributed by atoms with Crippen LogP contribution >= 0.6 is 0 Å². The number of aromatic nitrogens is 1. The average Bonchev–Trinajstić information content (AvgIpc) is 3.43. The molecule has 4 nitrogen and oxygen atoms in total. The Morgan fingerprint density at radius 2 is 1.47 bits per heavy atom. The molecule has 182 valence electrons. The molecule has 1 aliphatic carbocycles. The van der Waals surface area contributed by atoms with Gasteiger partial charge in [-0.2, -0.15) is 0 Å². The maximum atomic E-state index is 8.17. The number of nitrogen functional groups attached to an aromatic ring is 1. The topological polar surface area (TPSA) is 80.8 Å². The zero-order chi connectivity index (χ0) is 25.8. The van der Waals surface area contributed by atoms with Gasteiger partial charge in [0.15, 0.2) is 0 Å². The Bertz CT molecular complexity index is 1990. The summed E-state index contributed by atoms with van der Waals surface area (Å²) < 4.78 is 2.44. The minimum atomic E-state index is -0.522. The van der Waals surface area contributed by atoms with Crippen molar-refractivity contribution in [3.05, 3.63) is 137 Å². The Balaban J connectivity index is 1.65. The number of fused-ring (bicyclic) bond motifs is 12. The van der Waals surface area contributed by atoms with Gasteiger partial charge in [0.2, 0.25) is 0 Å². The van der Waals surface area contributed by atoms with E-state index in [-0.39, 0.29) is 11.9 Å². The van der Waals surface area contributed by atoms with Crippen LogP contribution < -0.4 is 11.5 Å². The Morgan fingerprint density at radius 1 is 0.763 bits per heavy atom. The molecule has 0 amide bonds. The highest BCUT2D eigenvalue weighted by molar-refractivity contribution is 6.13. The molecule has 0 saturated carbocycles. The Morgan fingerprint density at radius 3 is 2.32 bits per heavy atom. The van der Waals surface area contributed by atoms with E-state index in [1.54, 1.807) is 0 Å². The van der Waals surface area contributed by atoms with E-state index in [2.05, 4.69) is 102 Å². The second-order valence-corrected chi connectivity index (χ2v) is 10.6. The lowest BCUT2D eigenvalue weighted by Crippen LogP contribution is -2.33. The highest BCUT2D eigenvalue weighted by atomic mass is 15.0. The van der Waals surface area contributed by atoms with Gasteiger partial charge in [0.1, 0.15) is 5.84 Å². The van der Waals surface area contributed by atoms with Crippen LogP contribution in [0.25, 0.3) is 38.6 Å². The van der Waals surface area contributed by atoms with Gasteiger partial charge in [-0.25, -0.2) is 0 Å². The molecule has 0 saturated heterocycles. The summed E-state index contributed by atoms with van der Waals surface area (Å²) in [5.41, 5.74) is 24.8. The minimum absolute atomic E-state index is 0.0693. The quantitative estimate of drug-likeness (QED) is 0.185. The van der Waals surface area contributed by atoms with Crippen LogP contribution in [-0.2, 0) is 5.41 Å². The third-order valence-corrected chi connectivity index (χ3v) is 8.64. The Labute approximate surface area is 220 Å². The van der Waals surface area contributed by atoms with Crippen LogP contribution in [0.1, 0.15) is 46.3 Å². The van der Waals surface area contributed by atoms with Gasteiger partial charge in [-0.1, -0.05) is 84.9 Å². The summed E-state index contributed by atoms with van der Waals surface area (Å²) in [7, 11) is 0. The van der Waals surface area contributed by atoms with Crippen LogP contribution in [0, 0.1) is 5.41 Å². The van der Waals surface area contributed by atoms with Crippen LogP contribution in [0.15, 0.2) is 103 Å². The molecule has 1 aromatic heterocycles. The number of rotatable bonds is 2. The summed E-state index contributed by atoms with van der Waals surface area (Å²) in [6.45, 7) is 2.04. The molecule has 1 aliphatic heterocycles. The highest BCUT2D eigenvalue weighted by Gasteiger charge is 2.51. The molecule has 8 rings (SSSR count). The number of hydrogen-bond donors (Lipinski definition) is 3. The summed E-state index contributed by atoms with van der Waals surface area (Å²) >= 11 is 0. The number of amidine groups is 1. The molecule has 0 radical (unpaired) electrons. The summed E-state index contributed by atoms with van der Waals surface area (Å²) in [6, 6.07) is 36.9. The first-order chi connectivity index (χ1) is 18.5. The van der Waals surface area contributed by atoms with Gasteiger partial charge >= 0.3 is 0 Å². The zero-order valence-electron chi connectivity index (χ0n) is 21.0. The minimum Gasteiger partial charge on any atom is -0.384 e. The van der Waals surface area contributed by atoms with Crippen molar-refractivity contribution >= 4 is 27.6 Å². The number of para-hydroxylation sites is 3. The zero-order valence-corrected chi connectivity index (χ0v) is 21.0. The third-order valence-electron chi connectivity index (χ3n) is 8.64. The van der Waals surface area contributed by atoms with Crippen LogP contribution in [0.5, 0.6) is 0 Å². The Kier molecular flexibility index (Phi) is 4.07. The van der Waals surface area contributed by atoms with Crippen LogP contribution in [0.3, 0.4) is 0 Å². The fourth-order valence-corrected chi connectivity index (χ4v) is 7.24. The number of nitrogens with zero attached hydrogens (tertiary/aromatic N) is 1. The van der Waals surface area contributed by atoms with Gasteiger partial charge in [-0.3, -0.25) is 5.41 Å². The largest absolute Gasteiger partial charge is 0.384 e. The van der Waals surface area contributed by atoms with Crippen molar-refractivity contribution in [1.29, 1.82) is 5.41 Å². The van der Waals surface area contributed by atoms with E-state index < -0.39 is 5.41 Å². The van der Waals surface area contributed by atoms with E-state index >= 15 is 0 Å². The van der Waals surface area contributed by atoms with Crippen LogP contribution in [0.4, 0.5) is 0 Å². The van der Waals surface area contributed by atoms with Gasteiger partial charge in [0, 0.05) is 22.4 Å². The SMILES string of the molecule is CC(N)c1cccc2c1-c1cc(C(=N)N)ccc1C21c2ccccc2-n2c3ccccc3c3cccc1c32. The summed E-state index contributed by atoms with van der Waals surface area (Å²) in [6.07, 6.45) is 0. The number of benzene rings is 5. The predicted molar refractivity (Wildman–Crippen MR) is 155 cm³/mol. The van der Waals surface area contributed by atoms with Crippen molar-refractivity contribution in [3.63, 3.8) is 0 Å². The van der Waals surface area contributed by atoms with E-state index in [1.807, 2.05) is 13.0 Å². The lowest BCUT2D eigenvalue weighted by Gasteiger charge is -2.39. The van der Waals surface area contributed by atoms with Gasteiger partial charge in [-0.15, -0.1) is 0 Å². The predicted octanol–water partition coefficient (Wildman–Crippen LogP) is 6.76. The van der Waals surface area contributed by atoms with Crippen molar-refractivity contribution in [1.82, 2.24) is 4.57 Å². The van der Waals surface area contributed by atoms with E-state index in [9.17, 15) is 0 Å². The number of hydrogen-bond acceptors (Lipinski definition) is 2.